The summed E-state index contributed by atoms with van der Waals surface area (Å²) < 4.78 is 22.2. The summed E-state index contributed by atoms with van der Waals surface area (Å²) in [5, 5.41) is 1.28. The van der Waals surface area contributed by atoms with Crippen LogP contribution in [0.2, 0.25) is 0 Å². The summed E-state index contributed by atoms with van der Waals surface area (Å²) >= 11 is 0. The van der Waals surface area contributed by atoms with E-state index >= 15 is 0 Å². The Balaban J connectivity index is 0.00000245. The number of rotatable bonds is 4. The van der Waals surface area contributed by atoms with Crippen molar-refractivity contribution in [3.63, 3.8) is 0 Å². The molecule has 2 fully saturated rings. The Morgan fingerprint density at radius 2 is 1.94 bits per heavy atom. The number of nitrogens with one attached hydrogen (secondary N) is 1. The fourth-order valence-corrected chi connectivity index (χ4v) is 6.47. The molecule has 32 heavy (non-hydrogen) atoms. The molecule has 3 heterocycles. The van der Waals surface area contributed by atoms with Gasteiger partial charge in [0.15, 0.2) is 0 Å². The number of methoxy groups -OCH3 is 4. The van der Waals surface area contributed by atoms with Gasteiger partial charge in [-0.3, -0.25) is 9.69 Å². The van der Waals surface area contributed by atoms with Gasteiger partial charge in [-0.2, -0.15) is 0 Å². The normalized spacial score (nSPS) is 31.8. The molecule has 1 saturated heterocycles. The molecule has 0 radical (unpaired) electrons. The zero-order chi connectivity index (χ0) is 21.7. The van der Waals surface area contributed by atoms with Crippen LogP contribution in [0.25, 0.3) is 10.9 Å². The topological polar surface area (TPSA) is 73.0 Å². The molecule has 0 amide bonds. The lowest BCUT2D eigenvalue weighted by molar-refractivity contribution is -0.179. The number of nitrogens with zero attached hydrogens (tertiary/aromatic N) is 1. The number of carbonyl (C=O) groups excluding carboxylic acids is 1. The van der Waals surface area contributed by atoms with E-state index in [-0.39, 0.29) is 48.5 Å². The third kappa shape index (κ3) is 3.59. The smallest absolute Gasteiger partial charge is 0.311 e. The maximum atomic E-state index is 12.9. The first-order valence-electron chi connectivity index (χ1n) is 11.2. The highest BCUT2D eigenvalue weighted by atomic mass is 35.5. The van der Waals surface area contributed by atoms with E-state index in [0.717, 1.165) is 43.6 Å². The Bertz CT molecular complexity index is 979. The van der Waals surface area contributed by atoms with Crippen LogP contribution < -0.4 is 4.74 Å². The lowest BCUT2D eigenvalue weighted by Gasteiger charge is -2.53. The first kappa shape index (κ1) is 23.4. The zero-order valence-corrected chi connectivity index (χ0v) is 19.9. The molecule has 1 saturated carbocycles. The standard InChI is InChI=1S/C24H32N2O5.ClH/c1-28-14-5-6-15-16-7-8-26-12-13-9-20(29-2)23(30-3)21(24(27)31-4)17(13)11-19(26)22(16)25-18(15)10-14;/h5-6,10,13,17,19-21,23,25H,7-9,11-12H2,1-4H3;1H/t13-,17+,19-,20-,21+,23+;/m1./s1. The van der Waals surface area contributed by atoms with Gasteiger partial charge < -0.3 is 23.9 Å². The van der Waals surface area contributed by atoms with Gasteiger partial charge in [-0.25, -0.2) is 0 Å². The van der Waals surface area contributed by atoms with Gasteiger partial charge in [0, 0.05) is 50.0 Å². The van der Waals surface area contributed by atoms with E-state index in [2.05, 4.69) is 22.0 Å². The quantitative estimate of drug-likeness (QED) is 0.699. The number of aromatic amines is 1. The SMILES string of the molecule is COC(=O)[C@H]1[C@H]2C[C@@H]3c4[nH]c5cc(OC)ccc5c4CCN3C[C@H]2C[C@@H](OC)[C@@H]1OC.Cl. The molecule has 0 unspecified atom stereocenters. The number of halogens is 1. The highest BCUT2D eigenvalue weighted by molar-refractivity contribution is 5.86. The molecule has 2 aromatic rings. The van der Waals surface area contributed by atoms with Crippen molar-refractivity contribution in [3.05, 3.63) is 29.5 Å². The highest BCUT2D eigenvalue weighted by Gasteiger charge is 2.53. The van der Waals surface area contributed by atoms with E-state index in [1.54, 1.807) is 21.3 Å². The van der Waals surface area contributed by atoms with E-state index in [0.29, 0.717) is 5.92 Å². The number of piperidine rings is 1. The summed E-state index contributed by atoms with van der Waals surface area (Å²) in [6.07, 6.45) is 2.49. The molecule has 1 aliphatic carbocycles. The molecule has 5 rings (SSSR count). The number of fused-ring (bicyclic) bond motifs is 6. The van der Waals surface area contributed by atoms with Crippen LogP contribution in [0, 0.1) is 17.8 Å². The summed E-state index contributed by atoms with van der Waals surface area (Å²) in [5.41, 5.74) is 3.82. The van der Waals surface area contributed by atoms with E-state index < -0.39 is 0 Å². The molecule has 2 aliphatic heterocycles. The van der Waals surface area contributed by atoms with Gasteiger partial charge in [0.2, 0.25) is 0 Å². The number of aromatic nitrogens is 1. The van der Waals surface area contributed by atoms with Crippen molar-refractivity contribution in [2.75, 3.05) is 41.5 Å². The summed E-state index contributed by atoms with van der Waals surface area (Å²) in [5.74, 6) is 0.961. The van der Waals surface area contributed by atoms with Crippen molar-refractivity contribution in [1.29, 1.82) is 0 Å². The predicted molar refractivity (Wildman–Crippen MR) is 123 cm³/mol. The van der Waals surface area contributed by atoms with Gasteiger partial charge in [0.1, 0.15) is 5.75 Å². The molecular weight excluding hydrogens is 432 g/mol. The van der Waals surface area contributed by atoms with Crippen LogP contribution in [0.15, 0.2) is 18.2 Å². The molecule has 1 aromatic heterocycles. The number of H-pyrrole nitrogens is 1. The van der Waals surface area contributed by atoms with Gasteiger partial charge >= 0.3 is 5.97 Å². The number of hydrogen-bond donors (Lipinski definition) is 1. The number of carbonyl (C=O) groups is 1. The number of ether oxygens (including phenoxy) is 4. The van der Waals surface area contributed by atoms with Crippen LogP contribution in [0.4, 0.5) is 0 Å². The van der Waals surface area contributed by atoms with Gasteiger partial charge in [-0.15, -0.1) is 12.4 Å². The summed E-state index contributed by atoms with van der Waals surface area (Å²) in [4.78, 5) is 19.2. The van der Waals surface area contributed by atoms with Gasteiger partial charge in [-0.1, -0.05) is 0 Å². The van der Waals surface area contributed by atoms with Crippen LogP contribution in [0.1, 0.15) is 30.1 Å². The second-order valence-corrected chi connectivity index (χ2v) is 9.11. The molecule has 8 heteroatoms. The molecule has 176 valence electrons. The van der Waals surface area contributed by atoms with Crippen LogP contribution in [-0.2, 0) is 25.4 Å². The highest BCUT2D eigenvalue weighted by Crippen LogP contribution is 2.50. The summed E-state index contributed by atoms with van der Waals surface area (Å²) in [7, 11) is 6.55. The van der Waals surface area contributed by atoms with Crippen LogP contribution in [-0.4, -0.2) is 69.6 Å². The van der Waals surface area contributed by atoms with Gasteiger partial charge in [-0.05, 0) is 48.8 Å². The molecule has 3 aliphatic rings. The minimum absolute atomic E-state index is 0. The van der Waals surface area contributed by atoms with E-state index in [1.165, 1.54) is 23.8 Å². The average molecular weight is 465 g/mol. The average Bonchev–Trinajstić information content (AvgIpc) is 3.19. The second kappa shape index (κ2) is 9.21. The fourth-order valence-electron chi connectivity index (χ4n) is 6.47. The zero-order valence-electron chi connectivity index (χ0n) is 19.1. The van der Waals surface area contributed by atoms with Crippen LogP contribution in [0.3, 0.4) is 0 Å². The molecule has 1 N–H and O–H groups in total. The Morgan fingerprint density at radius 1 is 1.12 bits per heavy atom. The predicted octanol–water partition coefficient (Wildman–Crippen LogP) is 3.36. The Morgan fingerprint density at radius 3 is 2.62 bits per heavy atom. The third-order valence-electron chi connectivity index (χ3n) is 7.90. The van der Waals surface area contributed by atoms with Crippen molar-refractivity contribution in [3.8, 4) is 5.75 Å². The monoisotopic (exact) mass is 464 g/mol. The first-order chi connectivity index (χ1) is 15.1. The Hall–Kier alpha value is -1.80. The van der Waals surface area contributed by atoms with Crippen LogP contribution in [0.5, 0.6) is 5.75 Å². The number of hydrogen-bond acceptors (Lipinski definition) is 6. The maximum absolute atomic E-state index is 12.9. The molecule has 0 spiro atoms. The second-order valence-electron chi connectivity index (χ2n) is 9.11. The molecule has 0 bridgehead atoms. The van der Waals surface area contributed by atoms with Crippen molar-refractivity contribution in [2.24, 2.45) is 17.8 Å². The first-order valence-corrected chi connectivity index (χ1v) is 11.2. The lowest BCUT2D eigenvalue weighted by Crippen LogP contribution is -2.58. The molecular formula is C24H33ClN2O5. The Labute approximate surface area is 195 Å². The Kier molecular flexibility index (Phi) is 6.73. The number of esters is 1. The molecule has 6 atom stereocenters. The summed E-state index contributed by atoms with van der Waals surface area (Å²) in [6, 6.07) is 6.54. The van der Waals surface area contributed by atoms with Crippen molar-refractivity contribution in [2.45, 2.75) is 37.5 Å². The third-order valence-corrected chi connectivity index (χ3v) is 7.90. The van der Waals surface area contributed by atoms with Gasteiger partial charge in [0.25, 0.3) is 0 Å². The van der Waals surface area contributed by atoms with E-state index in [1.807, 2.05) is 6.07 Å². The summed E-state index contributed by atoms with van der Waals surface area (Å²) in [6.45, 7) is 2.01. The fraction of sp³-hybridized carbons (Fsp3) is 0.625. The van der Waals surface area contributed by atoms with E-state index in [9.17, 15) is 4.79 Å². The minimum atomic E-state index is -0.310. The van der Waals surface area contributed by atoms with Crippen molar-refractivity contribution < 1.29 is 23.7 Å². The van der Waals surface area contributed by atoms with Gasteiger partial charge in [0.05, 0.1) is 38.4 Å². The molecule has 1 aromatic carbocycles. The maximum Gasteiger partial charge on any atom is 0.311 e. The number of benzene rings is 1. The van der Waals surface area contributed by atoms with Crippen molar-refractivity contribution in [1.82, 2.24) is 9.88 Å². The van der Waals surface area contributed by atoms with Crippen molar-refractivity contribution >= 4 is 29.3 Å². The minimum Gasteiger partial charge on any atom is -0.497 e. The van der Waals surface area contributed by atoms with Crippen LogP contribution >= 0.6 is 12.4 Å². The molecule has 7 nitrogen and oxygen atoms in total. The largest absolute Gasteiger partial charge is 0.497 e. The lowest BCUT2D eigenvalue weighted by atomic mass is 9.64. The van der Waals surface area contributed by atoms with E-state index in [4.69, 9.17) is 18.9 Å².